The van der Waals surface area contributed by atoms with Crippen molar-refractivity contribution in [1.29, 1.82) is 0 Å². The van der Waals surface area contributed by atoms with Gasteiger partial charge in [0.2, 0.25) is 0 Å². The molecule has 1 fully saturated rings. The lowest BCUT2D eigenvalue weighted by molar-refractivity contribution is -0.146. The molecule has 2 amide bonds. The predicted octanol–water partition coefficient (Wildman–Crippen LogP) is 2.57. The molecule has 8 heteroatoms. The lowest BCUT2D eigenvalue weighted by atomic mass is 10.00. The summed E-state index contributed by atoms with van der Waals surface area (Å²) in [5.74, 6) is -4.84. The Morgan fingerprint density at radius 3 is 2.38 bits per heavy atom. The fourth-order valence-electron chi connectivity index (χ4n) is 2.35. The number of amides is 2. The molecule has 0 spiro atoms. The zero-order valence-electron chi connectivity index (χ0n) is 11.1. The molecule has 1 aliphatic heterocycles. The first-order valence-electron chi connectivity index (χ1n) is 6.22. The summed E-state index contributed by atoms with van der Waals surface area (Å²) in [6, 6.07) is -0.0835. The predicted molar refractivity (Wildman–Crippen MR) is 67.3 cm³/mol. The van der Waals surface area contributed by atoms with E-state index in [4.69, 9.17) is 0 Å². The molecule has 21 heavy (non-hydrogen) atoms. The highest BCUT2D eigenvalue weighted by Crippen LogP contribution is 2.30. The van der Waals surface area contributed by atoms with Crippen LogP contribution in [0, 0.1) is 17.5 Å². The van der Waals surface area contributed by atoms with Gasteiger partial charge in [-0.2, -0.15) is 0 Å². The summed E-state index contributed by atoms with van der Waals surface area (Å²) < 4.78 is 39.8. The molecule has 2 rings (SSSR count). The number of anilines is 1. The highest BCUT2D eigenvalue weighted by atomic mass is 19.1. The molecule has 1 aromatic rings. The topological polar surface area (TPSA) is 69.6 Å². The molecule has 1 unspecified atom stereocenters. The molecule has 0 aliphatic carbocycles. The van der Waals surface area contributed by atoms with Gasteiger partial charge in [0.05, 0.1) is 0 Å². The molecule has 1 aliphatic rings. The summed E-state index contributed by atoms with van der Waals surface area (Å²) in [6.45, 7) is 1.51. The van der Waals surface area contributed by atoms with Crippen LogP contribution in [0.1, 0.15) is 19.8 Å². The number of nitrogens with zero attached hydrogens (tertiary/aromatic N) is 1. The minimum Gasteiger partial charge on any atom is -0.480 e. The molecular weight excluding hydrogens is 289 g/mol. The van der Waals surface area contributed by atoms with Crippen molar-refractivity contribution < 1.29 is 27.9 Å². The summed E-state index contributed by atoms with van der Waals surface area (Å²) in [4.78, 5) is 24.3. The SMILES string of the molecule is CC1(C(=O)O)CCCN1C(=O)Nc1c(F)cc(F)cc1F. The zero-order valence-corrected chi connectivity index (χ0v) is 11.1. The van der Waals surface area contributed by atoms with Crippen LogP contribution in [0.4, 0.5) is 23.7 Å². The quantitative estimate of drug-likeness (QED) is 0.882. The summed E-state index contributed by atoms with van der Waals surface area (Å²) in [5, 5.41) is 11.1. The van der Waals surface area contributed by atoms with Gasteiger partial charge in [-0.05, 0) is 19.8 Å². The largest absolute Gasteiger partial charge is 0.480 e. The Morgan fingerprint density at radius 2 is 1.86 bits per heavy atom. The fourth-order valence-corrected chi connectivity index (χ4v) is 2.35. The van der Waals surface area contributed by atoms with E-state index in [0.29, 0.717) is 18.6 Å². The van der Waals surface area contributed by atoms with Crippen LogP contribution in [-0.4, -0.2) is 34.1 Å². The van der Waals surface area contributed by atoms with Crippen molar-refractivity contribution in [3.05, 3.63) is 29.6 Å². The maximum Gasteiger partial charge on any atom is 0.329 e. The second-order valence-electron chi connectivity index (χ2n) is 5.01. The van der Waals surface area contributed by atoms with Crippen LogP contribution in [0.5, 0.6) is 0 Å². The summed E-state index contributed by atoms with van der Waals surface area (Å²) in [5.41, 5.74) is -2.24. The Labute approximate surface area is 118 Å². The third kappa shape index (κ3) is 2.65. The van der Waals surface area contributed by atoms with Gasteiger partial charge in [0.1, 0.15) is 17.0 Å². The van der Waals surface area contributed by atoms with Crippen molar-refractivity contribution in [2.45, 2.75) is 25.3 Å². The number of rotatable bonds is 2. The van der Waals surface area contributed by atoms with Crippen molar-refractivity contribution in [3.8, 4) is 0 Å². The minimum absolute atomic E-state index is 0.152. The van der Waals surface area contributed by atoms with Gasteiger partial charge >= 0.3 is 12.0 Å². The van der Waals surface area contributed by atoms with Crippen LogP contribution in [-0.2, 0) is 4.79 Å². The number of aliphatic carboxylic acids is 1. The highest BCUT2D eigenvalue weighted by Gasteiger charge is 2.46. The lowest BCUT2D eigenvalue weighted by Gasteiger charge is -2.31. The minimum atomic E-state index is -1.43. The second kappa shape index (κ2) is 5.27. The van der Waals surface area contributed by atoms with E-state index < -0.39 is 40.7 Å². The molecule has 114 valence electrons. The van der Waals surface area contributed by atoms with Crippen LogP contribution in [0.3, 0.4) is 0 Å². The Morgan fingerprint density at radius 1 is 1.29 bits per heavy atom. The first-order valence-corrected chi connectivity index (χ1v) is 6.22. The summed E-state index contributed by atoms with van der Waals surface area (Å²) in [7, 11) is 0. The number of likely N-dealkylation sites (tertiary alicyclic amines) is 1. The number of carboxylic acids is 1. The first kappa shape index (κ1) is 15.1. The van der Waals surface area contributed by atoms with Gasteiger partial charge in [-0.25, -0.2) is 22.8 Å². The van der Waals surface area contributed by atoms with E-state index in [1.165, 1.54) is 6.92 Å². The molecule has 0 aromatic heterocycles. The molecule has 1 atom stereocenters. The smallest absolute Gasteiger partial charge is 0.329 e. The first-order chi connectivity index (χ1) is 9.75. The lowest BCUT2D eigenvalue weighted by Crippen LogP contribution is -2.52. The van der Waals surface area contributed by atoms with E-state index in [1.807, 2.05) is 5.32 Å². The standard InChI is InChI=1S/C13H13F3N2O3/c1-13(11(19)20)3-2-4-18(13)12(21)17-10-8(15)5-7(14)6-9(10)16/h5-6H,2-4H2,1H3,(H,17,21)(H,19,20). The number of carboxylic acid groups (broad SMARTS) is 1. The number of urea groups is 1. The van der Waals surface area contributed by atoms with Crippen molar-refractivity contribution in [2.75, 3.05) is 11.9 Å². The fraction of sp³-hybridized carbons (Fsp3) is 0.385. The average molecular weight is 302 g/mol. The van der Waals surface area contributed by atoms with Gasteiger partial charge in [0.25, 0.3) is 0 Å². The molecule has 0 radical (unpaired) electrons. The van der Waals surface area contributed by atoms with Gasteiger partial charge in [-0.3, -0.25) is 0 Å². The second-order valence-corrected chi connectivity index (χ2v) is 5.01. The number of hydrogen-bond acceptors (Lipinski definition) is 2. The monoisotopic (exact) mass is 302 g/mol. The molecule has 5 nitrogen and oxygen atoms in total. The van der Waals surface area contributed by atoms with Crippen molar-refractivity contribution >= 4 is 17.7 Å². The van der Waals surface area contributed by atoms with Gasteiger partial charge in [-0.15, -0.1) is 0 Å². The van der Waals surface area contributed by atoms with Gasteiger partial charge < -0.3 is 15.3 Å². The Bertz CT molecular complexity index is 585. The number of nitrogens with one attached hydrogen (secondary N) is 1. The Balaban J connectivity index is 2.25. The van der Waals surface area contributed by atoms with E-state index >= 15 is 0 Å². The normalized spacial score (nSPS) is 21.4. The van der Waals surface area contributed by atoms with Crippen LogP contribution in [0.15, 0.2) is 12.1 Å². The van der Waals surface area contributed by atoms with E-state index in [1.54, 1.807) is 0 Å². The summed E-state index contributed by atoms with van der Waals surface area (Å²) in [6.07, 6.45) is 0.703. The average Bonchev–Trinajstić information content (AvgIpc) is 2.77. The van der Waals surface area contributed by atoms with Gasteiger partial charge in [0, 0.05) is 18.7 Å². The van der Waals surface area contributed by atoms with E-state index in [9.17, 15) is 27.9 Å². The molecule has 0 saturated carbocycles. The maximum atomic E-state index is 13.5. The number of hydrogen-bond donors (Lipinski definition) is 2. The van der Waals surface area contributed by atoms with E-state index in [2.05, 4.69) is 0 Å². The molecule has 1 heterocycles. The number of carbonyl (C=O) groups excluding carboxylic acids is 1. The van der Waals surface area contributed by atoms with Crippen molar-refractivity contribution in [1.82, 2.24) is 4.90 Å². The highest BCUT2D eigenvalue weighted by molar-refractivity contribution is 5.94. The zero-order chi connectivity index (χ0) is 15.8. The molecule has 1 saturated heterocycles. The number of carbonyl (C=O) groups is 2. The van der Waals surface area contributed by atoms with Crippen molar-refractivity contribution in [3.63, 3.8) is 0 Å². The maximum absolute atomic E-state index is 13.5. The van der Waals surface area contributed by atoms with Crippen LogP contribution >= 0.6 is 0 Å². The van der Waals surface area contributed by atoms with Gasteiger partial charge in [0.15, 0.2) is 11.6 Å². The molecular formula is C13H13F3N2O3. The molecule has 2 N–H and O–H groups in total. The van der Waals surface area contributed by atoms with Crippen LogP contribution in [0.2, 0.25) is 0 Å². The molecule has 1 aromatic carbocycles. The Kier molecular flexibility index (Phi) is 3.80. The number of benzene rings is 1. The van der Waals surface area contributed by atoms with Crippen LogP contribution < -0.4 is 5.32 Å². The Hall–Kier alpha value is -2.25. The van der Waals surface area contributed by atoms with E-state index in [-0.39, 0.29) is 13.0 Å². The van der Waals surface area contributed by atoms with Gasteiger partial charge in [-0.1, -0.05) is 0 Å². The summed E-state index contributed by atoms with van der Waals surface area (Å²) >= 11 is 0. The third-order valence-electron chi connectivity index (χ3n) is 3.59. The van der Waals surface area contributed by atoms with E-state index in [0.717, 1.165) is 4.90 Å². The number of halogens is 3. The molecule has 0 bridgehead atoms. The van der Waals surface area contributed by atoms with Crippen LogP contribution in [0.25, 0.3) is 0 Å². The third-order valence-corrected chi connectivity index (χ3v) is 3.59. The van der Waals surface area contributed by atoms with Crippen molar-refractivity contribution in [2.24, 2.45) is 0 Å².